The van der Waals surface area contributed by atoms with E-state index in [9.17, 15) is 38.7 Å². The summed E-state index contributed by atoms with van der Waals surface area (Å²) in [6, 6.07) is 52.8. The molecule has 0 saturated carbocycles. The Bertz CT molecular complexity index is 3630. The van der Waals surface area contributed by atoms with Crippen LogP contribution in [-0.2, 0) is 41.6 Å². The van der Waals surface area contributed by atoms with Gasteiger partial charge in [0.1, 0.15) is 36.1 Å². The van der Waals surface area contributed by atoms with Crippen molar-refractivity contribution >= 4 is 53.5 Å². The predicted octanol–water partition coefficient (Wildman–Crippen LogP) is 9.26. The van der Waals surface area contributed by atoms with E-state index in [4.69, 9.17) is 15.2 Å². The van der Waals surface area contributed by atoms with Gasteiger partial charge >= 0.3 is 18.2 Å². The van der Waals surface area contributed by atoms with E-state index in [0.717, 1.165) is 50.2 Å². The Morgan fingerprint density at radius 2 is 1.06 bits per heavy atom. The lowest BCUT2D eigenvalue weighted by Crippen LogP contribution is -2.54. The number of carbonyl (C=O) groups is 7. The van der Waals surface area contributed by atoms with Crippen LogP contribution in [0.1, 0.15) is 105 Å². The number of fused-ring (bicyclic) bond motifs is 3. The maximum Gasteiger partial charge on any atom is 0.407 e. The average molecular weight is 1280 g/mol. The fraction of sp³-hybridized carbons (Fsp3) is 0.315. The van der Waals surface area contributed by atoms with Gasteiger partial charge in [-0.15, -0.1) is 0 Å². The molecule has 1 aliphatic rings. The second kappa shape index (κ2) is 34.6. The Labute approximate surface area is 548 Å². The van der Waals surface area contributed by atoms with E-state index in [2.05, 4.69) is 65.0 Å². The van der Waals surface area contributed by atoms with E-state index >= 15 is 0 Å². The molecule has 0 heterocycles. The van der Waals surface area contributed by atoms with Crippen molar-refractivity contribution in [3.63, 3.8) is 0 Å². The molecule has 0 fully saturated rings. The molecule has 94 heavy (non-hydrogen) atoms. The number of rotatable bonds is 30. The molecule has 4 atom stereocenters. The van der Waals surface area contributed by atoms with Gasteiger partial charge in [0.25, 0.3) is 0 Å². The van der Waals surface area contributed by atoms with Crippen LogP contribution in [0, 0.1) is 0 Å². The number of hydrogen-bond acceptors (Lipinski definition) is 11. The molecule has 0 spiro atoms. The summed E-state index contributed by atoms with van der Waals surface area (Å²) in [7, 11) is 0. The summed E-state index contributed by atoms with van der Waals surface area (Å²) in [6.45, 7) is 8.63. The SMILES string of the molecule is CCNC(=O)/N=C(/N)NCCC[C@@H](NC(=O)C(c1ccccc1)c1ccc(NCCCNC(=O)[C@@H](CCCNC(=O)OC(C)(C)C)NC(=O)[C@@H](Cc2ccc(-c3ccccc3)cc2)NC(=O)OCC2c3ccccc3-c3ccccc32)cc1)C(=O)NCc1ccc(O)cc1. The molecule has 0 aliphatic heterocycles. The number of aromatic hydroxyl groups is 1. The van der Waals surface area contributed by atoms with Crippen LogP contribution in [0.5, 0.6) is 5.75 Å². The first kappa shape index (κ1) is 69.2. The molecule has 12 N–H and O–H groups in total. The lowest BCUT2D eigenvalue weighted by Gasteiger charge is -2.24. The largest absolute Gasteiger partial charge is 0.508 e. The van der Waals surface area contributed by atoms with Crippen molar-refractivity contribution in [1.82, 2.24) is 42.5 Å². The predicted molar refractivity (Wildman–Crippen MR) is 364 cm³/mol. The van der Waals surface area contributed by atoms with Crippen molar-refractivity contribution in [2.24, 2.45) is 10.7 Å². The number of hydrogen-bond donors (Lipinski definition) is 11. The monoisotopic (exact) mass is 1280 g/mol. The summed E-state index contributed by atoms with van der Waals surface area (Å²) in [5.74, 6) is -2.95. The van der Waals surface area contributed by atoms with Crippen molar-refractivity contribution in [3.05, 3.63) is 215 Å². The number of urea groups is 1. The van der Waals surface area contributed by atoms with Crippen LogP contribution in [0.25, 0.3) is 22.3 Å². The number of amides is 8. The summed E-state index contributed by atoms with van der Waals surface area (Å²) >= 11 is 0. The molecular formula is C73H85N11O10. The van der Waals surface area contributed by atoms with E-state index in [1.54, 1.807) is 39.8 Å². The number of phenolic OH excluding ortho intramolecular Hbond substituents is 1. The number of alkyl carbamates (subject to hydrolysis) is 2. The van der Waals surface area contributed by atoms with Crippen LogP contribution in [0.15, 0.2) is 187 Å². The lowest BCUT2D eigenvalue weighted by atomic mass is 9.90. The number of nitrogens with two attached hydrogens (primary N) is 1. The van der Waals surface area contributed by atoms with Crippen molar-refractivity contribution in [1.29, 1.82) is 0 Å². The molecular weight excluding hydrogens is 1190 g/mol. The van der Waals surface area contributed by atoms with Gasteiger partial charge < -0.3 is 68.2 Å². The quantitative estimate of drug-likeness (QED) is 0.0114. The smallest absolute Gasteiger partial charge is 0.407 e. The Balaban J connectivity index is 0.909. The fourth-order valence-corrected chi connectivity index (χ4v) is 10.9. The van der Waals surface area contributed by atoms with Gasteiger partial charge in [-0.25, -0.2) is 14.4 Å². The summed E-state index contributed by atoms with van der Waals surface area (Å²) in [5.41, 5.74) is 15.0. The molecule has 492 valence electrons. The first-order valence-electron chi connectivity index (χ1n) is 31.8. The summed E-state index contributed by atoms with van der Waals surface area (Å²) < 4.78 is 11.3. The molecule has 8 rings (SSSR count). The lowest BCUT2D eigenvalue weighted by molar-refractivity contribution is -0.130. The number of nitrogens with zero attached hydrogens (tertiary/aromatic N) is 1. The first-order valence-corrected chi connectivity index (χ1v) is 31.8. The minimum absolute atomic E-state index is 0.0247. The number of nitrogens with one attached hydrogen (secondary N) is 9. The van der Waals surface area contributed by atoms with Gasteiger partial charge in [0.15, 0.2) is 5.96 Å². The minimum Gasteiger partial charge on any atom is -0.508 e. The zero-order valence-corrected chi connectivity index (χ0v) is 53.5. The summed E-state index contributed by atoms with van der Waals surface area (Å²) in [5, 5.41) is 35.9. The van der Waals surface area contributed by atoms with E-state index < -0.39 is 71.5 Å². The van der Waals surface area contributed by atoms with Gasteiger partial charge in [0.05, 0.1) is 5.92 Å². The minimum atomic E-state index is -1.17. The van der Waals surface area contributed by atoms with Crippen LogP contribution in [-0.4, -0.2) is 116 Å². The second-order valence-electron chi connectivity index (χ2n) is 23.8. The summed E-state index contributed by atoms with van der Waals surface area (Å²) in [4.78, 5) is 99.4. The fourth-order valence-electron chi connectivity index (χ4n) is 10.9. The normalized spacial score (nSPS) is 13.0. The van der Waals surface area contributed by atoms with Gasteiger partial charge in [-0.1, -0.05) is 158 Å². The Kier molecular flexibility index (Phi) is 25.5. The van der Waals surface area contributed by atoms with Crippen molar-refractivity contribution < 1.29 is 48.1 Å². The molecule has 7 aromatic carbocycles. The topological polar surface area (TPSA) is 305 Å². The van der Waals surface area contributed by atoms with Gasteiger partial charge in [-0.2, -0.15) is 4.99 Å². The molecule has 0 saturated heterocycles. The molecule has 0 bridgehead atoms. The van der Waals surface area contributed by atoms with Crippen molar-refractivity contribution in [2.75, 3.05) is 44.6 Å². The zero-order chi connectivity index (χ0) is 66.8. The maximum atomic E-state index is 14.6. The maximum absolute atomic E-state index is 14.6. The molecule has 21 heteroatoms. The molecule has 7 aromatic rings. The Morgan fingerprint density at radius 3 is 1.69 bits per heavy atom. The number of carbonyl (C=O) groups excluding carboxylic acids is 7. The molecule has 0 radical (unpaired) electrons. The number of phenols is 1. The number of ether oxygens (including phenoxy) is 2. The molecule has 1 unspecified atom stereocenters. The highest BCUT2D eigenvalue weighted by atomic mass is 16.6. The molecule has 1 aliphatic carbocycles. The highest BCUT2D eigenvalue weighted by Gasteiger charge is 2.32. The number of anilines is 1. The highest BCUT2D eigenvalue weighted by molar-refractivity contribution is 5.94. The van der Waals surface area contributed by atoms with Crippen molar-refractivity contribution in [3.8, 4) is 28.0 Å². The first-order chi connectivity index (χ1) is 45.4. The molecule has 0 aromatic heterocycles. The third-order valence-electron chi connectivity index (χ3n) is 15.6. The standard InChI is InChI=1S/C73H85N11O10/c1-5-75-70(90)84-69(74)78-41-16-27-62(66(87)80-46-49-31-39-55(85)40-32-49)82-68(89)64(52-21-10-7-11-22-52)53-35-37-54(38-36-53)76-43-18-44-77-65(86)61(28-17-42-79-71(91)94-73(2,3)4)81-67(88)63(45-48-29-33-51(34-30-48)50-19-8-6-9-20-50)83-72(92)93-47-60-58-25-14-12-23-56(58)57-24-13-15-26-59(57)60/h6-15,19-26,29-40,60-64,76,85H,5,16-18,27-28,41-47H2,1-4H3,(H,77,86)(H,79,91)(H,80,87)(H,81,88)(H,82,89)(H,83,92)(H4,74,75,78,84,90)/t61-,62-,63-,64?/m1/s1. The van der Waals surface area contributed by atoms with Crippen molar-refractivity contribution in [2.45, 2.75) is 108 Å². The van der Waals surface area contributed by atoms with Crippen LogP contribution >= 0.6 is 0 Å². The number of guanidine groups is 1. The van der Waals surface area contributed by atoms with E-state index in [-0.39, 0.29) is 76.1 Å². The highest BCUT2D eigenvalue weighted by Crippen LogP contribution is 2.44. The third-order valence-corrected chi connectivity index (χ3v) is 15.6. The van der Waals surface area contributed by atoms with Crippen LogP contribution in [0.4, 0.5) is 20.1 Å². The van der Waals surface area contributed by atoms with Gasteiger partial charge in [0, 0.05) is 57.3 Å². The second-order valence-corrected chi connectivity index (χ2v) is 23.8. The number of aliphatic imine (C=N–C) groups is 1. The van der Waals surface area contributed by atoms with Gasteiger partial charge in [-0.3, -0.25) is 19.2 Å². The average Bonchev–Trinajstić information content (AvgIpc) is 1.61. The third kappa shape index (κ3) is 21.2. The van der Waals surface area contributed by atoms with E-state index in [0.29, 0.717) is 37.1 Å². The van der Waals surface area contributed by atoms with E-state index in [1.807, 2.05) is 146 Å². The van der Waals surface area contributed by atoms with Crippen LogP contribution in [0.2, 0.25) is 0 Å². The van der Waals surface area contributed by atoms with Gasteiger partial charge in [-0.05, 0) is 140 Å². The van der Waals surface area contributed by atoms with Crippen LogP contribution < -0.4 is 53.6 Å². The van der Waals surface area contributed by atoms with E-state index in [1.165, 1.54) is 12.1 Å². The zero-order valence-electron chi connectivity index (χ0n) is 53.5. The Morgan fingerprint density at radius 1 is 0.521 bits per heavy atom. The van der Waals surface area contributed by atoms with Crippen LogP contribution in [0.3, 0.4) is 0 Å². The Hall–Kier alpha value is -10.7. The summed E-state index contributed by atoms with van der Waals surface area (Å²) in [6.07, 6.45) is 0.118. The number of benzene rings is 7. The molecule has 21 nitrogen and oxygen atoms in total. The van der Waals surface area contributed by atoms with Gasteiger partial charge in [0.2, 0.25) is 23.6 Å². The molecule has 8 amide bonds.